The fourth-order valence-electron chi connectivity index (χ4n) is 1.02. The molecule has 0 aliphatic heterocycles. The predicted molar refractivity (Wildman–Crippen MR) is 53.3 cm³/mol. The van der Waals surface area contributed by atoms with Crippen LogP contribution in [0.15, 0.2) is 23.2 Å². The lowest BCUT2D eigenvalue weighted by Crippen LogP contribution is -1.84. The predicted octanol–water partition coefficient (Wildman–Crippen LogP) is 2.03. The van der Waals surface area contributed by atoms with Gasteiger partial charge in [-0.2, -0.15) is 4.99 Å². The monoisotopic (exact) mass is 187 g/mol. The van der Waals surface area contributed by atoms with E-state index in [4.69, 9.17) is 4.74 Å². The number of aliphatic imine (C=N–C) groups is 1. The summed E-state index contributed by atoms with van der Waals surface area (Å²) < 4.78 is 5.03. The summed E-state index contributed by atoms with van der Waals surface area (Å²) in [6.07, 6.45) is 1.49. The second-order valence-electron chi connectivity index (χ2n) is 2.46. The number of isocyanates is 1. The number of carbonyl (C=O) groups excluding carboxylic acids is 1. The van der Waals surface area contributed by atoms with Crippen LogP contribution in [0.1, 0.15) is 12.5 Å². The largest absolute Gasteiger partial charge is 0.497 e. The first-order valence-corrected chi connectivity index (χ1v) is 4.00. The van der Waals surface area contributed by atoms with E-state index in [1.807, 2.05) is 0 Å². The zero-order valence-corrected chi connectivity index (χ0v) is 8.00. The molecule has 0 N–H and O–H groups in total. The van der Waals surface area contributed by atoms with Gasteiger partial charge in [0, 0.05) is 0 Å². The SMILES string of the molecule is CC#Cc1cc(OC)ccc1N=C=O. The van der Waals surface area contributed by atoms with Gasteiger partial charge in [0.25, 0.3) is 0 Å². The highest BCUT2D eigenvalue weighted by Crippen LogP contribution is 2.23. The van der Waals surface area contributed by atoms with Crippen LogP contribution in [0.5, 0.6) is 5.75 Å². The molecule has 0 atom stereocenters. The molecular formula is C11H9NO2. The van der Waals surface area contributed by atoms with Crippen molar-refractivity contribution in [3.8, 4) is 17.6 Å². The molecule has 1 aromatic rings. The number of hydrogen-bond acceptors (Lipinski definition) is 3. The van der Waals surface area contributed by atoms with Gasteiger partial charge in [-0.25, -0.2) is 4.79 Å². The van der Waals surface area contributed by atoms with E-state index in [0.29, 0.717) is 17.0 Å². The first-order valence-electron chi connectivity index (χ1n) is 4.00. The van der Waals surface area contributed by atoms with E-state index in [0.717, 1.165) is 0 Å². The van der Waals surface area contributed by atoms with Crippen LogP contribution in [0.2, 0.25) is 0 Å². The molecule has 3 heteroatoms. The smallest absolute Gasteiger partial charge is 0.240 e. The minimum atomic E-state index is 0.509. The summed E-state index contributed by atoms with van der Waals surface area (Å²) in [6, 6.07) is 5.12. The van der Waals surface area contributed by atoms with Crippen LogP contribution in [0, 0.1) is 11.8 Å². The molecule has 0 aromatic heterocycles. The maximum absolute atomic E-state index is 10.1. The van der Waals surface area contributed by atoms with Crippen LogP contribution < -0.4 is 4.74 Å². The van der Waals surface area contributed by atoms with E-state index in [1.165, 1.54) is 6.08 Å². The van der Waals surface area contributed by atoms with Gasteiger partial charge in [-0.1, -0.05) is 5.92 Å². The number of ether oxygens (including phenoxy) is 1. The van der Waals surface area contributed by atoms with Crippen LogP contribution in [-0.2, 0) is 4.79 Å². The molecule has 14 heavy (non-hydrogen) atoms. The average molecular weight is 187 g/mol. The first-order chi connectivity index (χ1) is 6.81. The Balaban J connectivity index is 3.27. The molecule has 0 aliphatic rings. The highest BCUT2D eigenvalue weighted by molar-refractivity contribution is 5.61. The number of methoxy groups -OCH3 is 1. The molecule has 0 spiro atoms. The summed E-state index contributed by atoms with van der Waals surface area (Å²) in [5.41, 5.74) is 1.17. The maximum Gasteiger partial charge on any atom is 0.240 e. The zero-order valence-electron chi connectivity index (χ0n) is 8.00. The van der Waals surface area contributed by atoms with Gasteiger partial charge in [0.2, 0.25) is 6.08 Å². The van der Waals surface area contributed by atoms with Crippen LogP contribution in [-0.4, -0.2) is 13.2 Å². The molecule has 0 fully saturated rings. The van der Waals surface area contributed by atoms with Crippen molar-refractivity contribution in [3.05, 3.63) is 23.8 Å². The molecule has 0 saturated heterocycles. The first kappa shape index (κ1) is 10.0. The summed E-state index contributed by atoms with van der Waals surface area (Å²) in [4.78, 5) is 13.7. The quantitative estimate of drug-likeness (QED) is 0.403. The molecule has 70 valence electrons. The zero-order chi connectivity index (χ0) is 10.4. The lowest BCUT2D eigenvalue weighted by atomic mass is 10.2. The highest BCUT2D eigenvalue weighted by Gasteiger charge is 2.00. The van der Waals surface area contributed by atoms with Gasteiger partial charge in [-0.3, -0.25) is 0 Å². The molecule has 0 bridgehead atoms. The Hall–Kier alpha value is -2.04. The van der Waals surface area contributed by atoms with E-state index in [2.05, 4.69) is 16.8 Å². The fourth-order valence-corrected chi connectivity index (χ4v) is 1.02. The topological polar surface area (TPSA) is 38.7 Å². The van der Waals surface area contributed by atoms with Crippen molar-refractivity contribution < 1.29 is 9.53 Å². The summed E-state index contributed by atoms with van der Waals surface area (Å²) in [6.45, 7) is 1.72. The van der Waals surface area contributed by atoms with Crippen LogP contribution in [0.25, 0.3) is 0 Å². The third-order valence-electron chi connectivity index (χ3n) is 1.63. The van der Waals surface area contributed by atoms with Crippen molar-refractivity contribution in [2.24, 2.45) is 4.99 Å². The Bertz CT molecular complexity index is 434. The van der Waals surface area contributed by atoms with Crippen LogP contribution in [0.3, 0.4) is 0 Å². The Morgan fingerprint density at radius 2 is 2.21 bits per heavy atom. The summed E-state index contributed by atoms with van der Waals surface area (Å²) in [5, 5.41) is 0. The molecular weight excluding hydrogens is 178 g/mol. The van der Waals surface area contributed by atoms with Crippen molar-refractivity contribution in [1.82, 2.24) is 0 Å². The molecule has 3 nitrogen and oxygen atoms in total. The molecule has 0 radical (unpaired) electrons. The molecule has 1 aromatic carbocycles. The summed E-state index contributed by atoms with van der Waals surface area (Å²) >= 11 is 0. The van der Waals surface area contributed by atoms with Crippen LogP contribution >= 0.6 is 0 Å². The Morgan fingerprint density at radius 1 is 1.43 bits per heavy atom. The molecule has 0 saturated carbocycles. The number of hydrogen-bond donors (Lipinski definition) is 0. The maximum atomic E-state index is 10.1. The average Bonchev–Trinajstić information content (AvgIpc) is 2.21. The van der Waals surface area contributed by atoms with Crippen molar-refractivity contribution in [1.29, 1.82) is 0 Å². The third kappa shape index (κ3) is 2.22. The van der Waals surface area contributed by atoms with Crippen molar-refractivity contribution in [2.75, 3.05) is 7.11 Å². The standard InChI is InChI=1S/C11H9NO2/c1-3-4-9-7-10(14-2)5-6-11(9)12-8-13/h5-7H,1-2H3. The summed E-state index contributed by atoms with van der Waals surface area (Å²) in [7, 11) is 1.57. The molecule has 0 heterocycles. The lowest BCUT2D eigenvalue weighted by Gasteiger charge is -2.01. The third-order valence-corrected chi connectivity index (χ3v) is 1.63. The van der Waals surface area contributed by atoms with E-state index < -0.39 is 0 Å². The number of nitrogens with zero attached hydrogens (tertiary/aromatic N) is 1. The van der Waals surface area contributed by atoms with Crippen molar-refractivity contribution in [2.45, 2.75) is 6.92 Å². The molecule has 1 rings (SSSR count). The molecule has 0 amide bonds. The van der Waals surface area contributed by atoms with E-state index in [9.17, 15) is 4.79 Å². The van der Waals surface area contributed by atoms with Gasteiger partial charge in [-0.15, -0.1) is 5.92 Å². The minimum Gasteiger partial charge on any atom is -0.497 e. The Morgan fingerprint density at radius 3 is 2.79 bits per heavy atom. The minimum absolute atomic E-state index is 0.509. The second kappa shape index (κ2) is 4.86. The second-order valence-corrected chi connectivity index (χ2v) is 2.46. The Labute approximate surface area is 82.4 Å². The van der Waals surface area contributed by atoms with Gasteiger partial charge in [0.1, 0.15) is 5.75 Å². The molecule has 0 unspecified atom stereocenters. The van der Waals surface area contributed by atoms with Gasteiger partial charge in [0.05, 0.1) is 18.4 Å². The van der Waals surface area contributed by atoms with E-state index in [1.54, 1.807) is 32.2 Å². The van der Waals surface area contributed by atoms with E-state index >= 15 is 0 Å². The van der Waals surface area contributed by atoms with Gasteiger partial charge in [0.15, 0.2) is 0 Å². The van der Waals surface area contributed by atoms with Gasteiger partial charge >= 0.3 is 0 Å². The Kier molecular flexibility index (Phi) is 3.49. The normalized spacial score (nSPS) is 8.14. The van der Waals surface area contributed by atoms with E-state index in [-0.39, 0.29) is 0 Å². The fraction of sp³-hybridized carbons (Fsp3) is 0.182. The van der Waals surface area contributed by atoms with Gasteiger partial charge in [-0.05, 0) is 25.1 Å². The number of benzene rings is 1. The molecule has 0 aliphatic carbocycles. The van der Waals surface area contributed by atoms with Crippen molar-refractivity contribution >= 4 is 11.8 Å². The number of rotatable bonds is 2. The highest BCUT2D eigenvalue weighted by atomic mass is 16.5. The summed E-state index contributed by atoms with van der Waals surface area (Å²) in [5.74, 6) is 6.26. The van der Waals surface area contributed by atoms with Crippen molar-refractivity contribution in [3.63, 3.8) is 0 Å². The van der Waals surface area contributed by atoms with Crippen LogP contribution in [0.4, 0.5) is 5.69 Å². The lowest BCUT2D eigenvalue weighted by molar-refractivity contribution is 0.414. The van der Waals surface area contributed by atoms with Gasteiger partial charge < -0.3 is 4.74 Å².